The van der Waals surface area contributed by atoms with E-state index in [1.54, 1.807) is 7.11 Å². The molecule has 1 aromatic heterocycles. The Morgan fingerprint density at radius 2 is 1.91 bits per heavy atom. The first-order valence-electron chi connectivity index (χ1n) is 11.4. The van der Waals surface area contributed by atoms with Crippen LogP contribution >= 0.6 is 0 Å². The largest absolute Gasteiger partial charge is 0.497 e. The molecular weight excluding hydrogens is 418 g/mol. The zero-order valence-electron chi connectivity index (χ0n) is 19.6. The Kier molecular flexibility index (Phi) is 6.99. The fraction of sp³-hybridized carbons (Fsp3) is 0.385. The average Bonchev–Trinajstić information content (AvgIpc) is 3.36. The van der Waals surface area contributed by atoms with E-state index in [4.69, 9.17) is 14.2 Å². The smallest absolute Gasteiger partial charge is 0.273 e. The van der Waals surface area contributed by atoms with E-state index in [-0.39, 0.29) is 18.1 Å². The van der Waals surface area contributed by atoms with Gasteiger partial charge in [0, 0.05) is 24.3 Å². The molecule has 1 aliphatic rings. The summed E-state index contributed by atoms with van der Waals surface area (Å²) in [5.41, 5.74) is 4.11. The van der Waals surface area contributed by atoms with E-state index >= 15 is 0 Å². The van der Waals surface area contributed by atoms with Crippen molar-refractivity contribution in [3.63, 3.8) is 0 Å². The van der Waals surface area contributed by atoms with Gasteiger partial charge >= 0.3 is 0 Å². The molecular formula is C26H31N3O4. The second kappa shape index (κ2) is 10.1. The van der Waals surface area contributed by atoms with Gasteiger partial charge in [0.2, 0.25) is 0 Å². The molecule has 0 saturated heterocycles. The molecule has 7 nitrogen and oxygen atoms in total. The second-order valence-electron chi connectivity index (χ2n) is 8.27. The summed E-state index contributed by atoms with van der Waals surface area (Å²) in [7, 11) is 1.64. The number of ether oxygens (including phenoxy) is 3. The lowest BCUT2D eigenvalue weighted by molar-refractivity contribution is 0.0601. The number of benzene rings is 2. The van der Waals surface area contributed by atoms with Gasteiger partial charge in [0.1, 0.15) is 17.2 Å². The van der Waals surface area contributed by atoms with Crippen molar-refractivity contribution in [1.82, 2.24) is 15.1 Å². The molecule has 2 aromatic carbocycles. The fourth-order valence-corrected chi connectivity index (χ4v) is 4.23. The molecule has 3 aromatic rings. The average molecular weight is 450 g/mol. The normalized spacial score (nSPS) is 15.2. The number of hydrogen-bond donors (Lipinski definition) is 1. The van der Waals surface area contributed by atoms with Crippen LogP contribution in [0.5, 0.6) is 11.5 Å². The number of carbonyl (C=O) groups excluding carboxylic acids is 1. The lowest BCUT2D eigenvalue weighted by atomic mass is 9.96. The maximum Gasteiger partial charge on any atom is 0.273 e. The molecule has 174 valence electrons. The number of amides is 1. The molecule has 0 fully saturated rings. The molecule has 0 bridgehead atoms. The Labute approximate surface area is 194 Å². The zero-order valence-corrected chi connectivity index (χ0v) is 19.6. The summed E-state index contributed by atoms with van der Waals surface area (Å²) in [6.45, 7) is 7.79. The molecule has 0 radical (unpaired) electrons. The Balaban J connectivity index is 1.72. The molecule has 1 unspecified atom stereocenters. The van der Waals surface area contributed by atoms with Gasteiger partial charge in [0.15, 0.2) is 0 Å². The SMILES string of the molecule is CCOc1ccc(C2c3c(-c4cccc(OC)c4)n[nH]c3C(=O)N2CCCOC(C)C)cc1. The van der Waals surface area contributed by atoms with Crippen LogP contribution in [0.3, 0.4) is 0 Å². The highest BCUT2D eigenvalue weighted by Crippen LogP contribution is 2.43. The zero-order chi connectivity index (χ0) is 23.4. The number of hydrogen-bond acceptors (Lipinski definition) is 5. The molecule has 33 heavy (non-hydrogen) atoms. The van der Waals surface area contributed by atoms with Crippen LogP contribution in [0.25, 0.3) is 11.3 Å². The molecule has 0 spiro atoms. The van der Waals surface area contributed by atoms with Crippen LogP contribution in [0, 0.1) is 0 Å². The highest BCUT2D eigenvalue weighted by Gasteiger charge is 2.41. The lowest BCUT2D eigenvalue weighted by Crippen LogP contribution is -2.31. The van der Waals surface area contributed by atoms with Gasteiger partial charge in [0.25, 0.3) is 5.91 Å². The van der Waals surface area contributed by atoms with E-state index in [0.29, 0.717) is 25.5 Å². The molecule has 1 N–H and O–H groups in total. The Morgan fingerprint density at radius 1 is 1.12 bits per heavy atom. The summed E-state index contributed by atoms with van der Waals surface area (Å²) >= 11 is 0. The van der Waals surface area contributed by atoms with Crippen LogP contribution in [0.2, 0.25) is 0 Å². The minimum atomic E-state index is -0.248. The Bertz CT molecular complexity index is 1090. The second-order valence-corrected chi connectivity index (χ2v) is 8.27. The summed E-state index contributed by atoms with van der Waals surface area (Å²) in [4.78, 5) is 15.3. The van der Waals surface area contributed by atoms with Crippen LogP contribution in [-0.4, -0.2) is 54.0 Å². The number of carbonyl (C=O) groups is 1. The molecule has 2 heterocycles. The Morgan fingerprint density at radius 3 is 2.61 bits per heavy atom. The molecule has 4 rings (SSSR count). The number of aromatic amines is 1. The van der Waals surface area contributed by atoms with Crippen LogP contribution in [-0.2, 0) is 4.74 Å². The minimum absolute atomic E-state index is 0.0462. The van der Waals surface area contributed by atoms with Crippen LogP contribution in [0.1, 0.15) is 54.8 Å². The standard InChI is InChI=1S/C26H31N3O4/c1-5-32-20-12-10-18(11-13-20)25-22-23(19-8-6-9-21(16-19)31-4)27-28-24(22)26(30)29(25)14-7-15-33-17(2)3/h6,8-13,16-17,25H,5,7,14-15H2,1-4H3,(H,27,28). The third kappa shape index (κ3) is 4.73. The van der Waals surface area contributed by atoms with Crippen molar-refractivity contribution in [3.05, 3.63) is 65.4 Å². The highest BCUT2D eigenvalue weighted by molar-refractivity contribution is 6.00. The lowest BCUT2D eigenvalue weighted by Gasteiger charge is -2.26. The van der Waals surface area contributed by atoms with Crippen molar-refractivity contribution < 1.29 is 19.0 Å². The summed E-state index contributed by atoms with van der Waals surface area (Å²) in [6.07, 6.45) is 0.918. The van der Waals surface area contributed by atoms with Crippen molar-refractivity contribution in [3.8, 4) is 22.8 Å². The predicted octanol–water partition coefficient (Wildman–Crippen LogP) is 4.84. The number of methoxy groups -OCH3 is 1. The monoisotopic (exact) mass is 449 g/mol. The number of nitrogens with one attached hydrogen (secondary N) is 1. The minimum Gasteiger partial charge on any atom is -0.497 e. The number of aromatic nitrogens is 2. The van der Waals surface area contributed by atoms with E-state index in [1.165, 1.54) is 0 Å². The van der Waals surface area contributed by atoms with E-state index in [1.807, 2.05) is 74.2 Å². The molecule has 1 aliphatic heterocycles. The first-order valence-corrected chi connectivity index (χ1v) is 11.4. The Hall–Kier alpha value is -3.32. The van der Waals surface area contributed by atoms with Crippen molar-refractivity contribution in [2.75, 3.05) is 26.9 Å². The van der Waals surface area contributed by atoms with E-state index < -0.39 is 0 Å². The van der Waals surface area contributed by atoms with Crippen molar-refractivity contribution in [1.29, 1.82) is 0 Å². The van der Waals surface area contributed by atoms with Gasteiger partial charge in [-0.3, -0.25) is 9.89 Å². The maximum absolute atomic E-state index is 13.4. The quantitative estimate of drug-likeness (QED) is 0.448. The topological polar surface area (TPSA) is 76.7 Å². The summed E-state index contributed by atoms with van der Waals surface area (Å²) < 4.78 is 16.7. The number of rotatable bonds is 10. The van der Waals surface area contributed by atoms with Crippen molar-refractivity contribution >= 4 is 5.91 Å². The molecule has 7 heteroatoms. The molecule has 1 atom stereocenters. The third-order valence-corrected chi connectivity index (χ3v) is 5.71. The fourth-order valence-electron chi connectivity index (χ4n) is 4.23. The van der Waals surface area contributed by atoms with Gasteiger partial charge in [-0.25, -0.2) is 0 Å². The van der Waals surface area contributed by atoms with Crippen LogP contribution < -0.4 is 9.47 Å². The van der Waals surface area contributed by atoms with E-state index in [0.717, 1.165) is 40.3 Å². The van der Waals surface area contributed by atoms with Crippen molar-refractivity contribution in [2.45, 2.75) is 39.3 Å². The van der Waals surface area contributed by atoms with Crippen molar-refractivity contribution in [2.24, 2.45) is 0 Å². The van der Waals surface area contributed by atoms with E-state index in [2.05, 4.69) is 10.2 Å². The van der Waals surface area contributed by atoms with Gasteiger partial charge in [-0.1, -0.05) is 24.3 Å². The number of H-pyrrole nitrogens is 1. The maximum atomic E-state index is 13.4. The van der Waals surface area contributed by atoms with Crippen LogP contribution in [0.4, 0.5) is 0 Å². The summed E-state index contributed by atoms with van der Waals surface area (Å²) in [5, 5.41) is 7.54. The first-order chi connectivity index (χ1) is 16.0. The van der Waals surface area contributed by atoms with Gasteiger partial charge in [-0.05, 0) is 57.0 Å². The predicted molar refractivity (Wildman–Crippen MR) is 127 cm³/mol. The van der Waals surface area contributed by atoms with Gasteiger partial charge in [-0.2, -0.15) is 5.10 Å². The molecule has 0 saturated carbocycles. The molecule has 0 aliphatic carbocycles. The number of fused-ring (bicyclic) bond motifs is 1. The van der Waals surface area contributed by atoms with Gasteiger partial charge in [-0.15, -0.1) is 0 Å². The number of nitrogens with zero attached hydrogens (tertiary/aromatic N) is 2. The van der Waals surface area contributed by atoms with E-state index in [9.17, 15) is 4.79 Å². The third-order valence-electron chi connectivity index (χ3n) is 5.71. The summed E-state index contributed by atoms with van der Waals surface area (Å²) in [5.74, 6) is 1.51. The highest BCUT2D eigenvalue weighted by atomic mass is 16.5. The van der Waals surface area contributed by atoms with Gasteiger partial charge < -0.3 is 19.1 Å². The first kappa shape index (κ1) is 22.9. The molecule has 1 amide bonds. The summed E-state index contributed by atoms with van der Waals surface area (Å²) in [6, 6.07) is 15.5. The van der Waals surface area contributed by atoms with Crippen LogP contribution in [0.15, 0.2) is 48.5 Å². The van der Waals surface area contributed by atoms with Gasteiger partial charge in [0.05, 0.1) is 31.6 Å².